The van der Waals surface area contributed by atoms with Gasteiger partial charge in [0.15, 0.2) is 0 Å². The number of imidazole rings is 1. The van der Waals surface area contributed by atoms with Crippen molar-refractivity contribution in [3.05, 3.63) is 48.5 Å². The second kappa shape index (κ2) is 4.94. The van der Waals surface area contributed by atoms with Crippen LogP contribution in [0.2, 0.25) is 0 Å². The maximum absolute atomic E-state index is 4.06. The summed E-state index contributed by atoms with van der Waals surface area (Å²) in [5.74, 6) is 0. The molecule has 3 rings (SSSR count). The van der Waals surface area contributed by atoms with E-state index in [0.29, 0.717) is 6.04 Å². The molecule has 1 N–H and O–H groups in total. The molecule has 3 heteroatoms. The van der Waals surface area contributed by atoms with E-state index in [4.69, 9.17) is 0 Å². The zero-order chi connectivity index (χ0) is 12.4. The fourth-order valence-electron chi connectivity index (χ4n) is 2.37. The molecule has 1 aliphatic rings. The van der Waals surface area contributed by atoms with E-state index in [9.17, 15) is 0 Å². The van der Waals surface area contributed by atoms with E-state index in [-0.39, 0.29) is 0 Å². The summed E-state index contributed by atoms with van der Waals surface area (Å²) in [5, 5.41) is 3.67. The average Bonchev–Trinajstić information content (AvgIpc) is 2.87. The van der Waals surface area contributed by atoms with Crippen LogP contribution in [-0.2, 0) is 0 Å². The van der Waals surface area contributed by atoms with Crippen molar-refractivity contribution in [1.29, 1.82) is 0 Å². The molecule has 1 fully saturated rings. The van der Waals surface area contributed by atoms with Gasteiger partial charge in [0.2, 0.25) is 0 Å². The number of benzene rings is 1. The Morgan fingerprint density at radius 2 is 2.06 bits per heavy atom. The Morgan fingerprint density at radius 3 is 2.61 bits per heavy atom. The average molecular weight is 241 g/mol. The van der Waals surface area contributed by atoms with Crippen LogP contribution >= 0.6 is 0 Å². The Labute approximate surface area is 108 Å². The van der Waals surface area contributed by atoms with Gasteiger partial charge in [-0.2, -0.15) is 0 Å². The molecule has 2 aromatic rings. The van der Waals surface area contributed by atoms with Crippen LogP contribution in [0.4, 0.5) is 0 Å². The van der Waals surface area contributed by atoms with Crippen LogP contribution < -0.4 is 5.32 Å². The SMILES string of the molecule is CC(NC1CCC1)c1ccc(-n2ccnc2)cc1. The first-order valence-corrected chi connectivity index (χ1v) is 6.67. The molecule has 0 amide bonds. The number of aromatic nitrogens is 2. The zero-order valence-electron chi connectivity index (χ0n) is 10.7. The molecule has 1 aliphatic carbocycles. The maximum Gasteiger partial charge on any atom is 0.0991 e. The van der Waals surface area contributed by atoms with Crippen LogP contribution in [0.3, 0.4) is 0 Å². The summed E-state index contributed by atoms with van der Waals surface area (Å²) in [5.41, 5.74) is 2.51. The highest BCUT2D eigenvalue weighted by Crippen LogP contribution is 2.23. The molecule has 1 unspecified atom stereocenters. The minimum atomic E-state index is 0.437. The van der Waals surface area contributed by atoms with Crippen LogP contribution in [0.5, 0.6) is 0 Å². The van der Waals surface area contributed by atoms with Gasteiger partial charge in [-0.3, -0.25) is 0 Å². The minimum absolute atomic E-state index is 0.437. The van der Waals surface area contributed by atoms with Crippen LogP contribution in [0.15, 0.2) is 43.0 Å². The molecule has 0 radical (unpaired) electrons. The molecule has 1 saturated carbocycles. The zero-order valence-corrected chi connectivity index (χ0v) is 10.7. The van der Waals surface area contributed by atoms with Crippen molar-refractivity contribution < 1.29 is 0 Å². The van der Waals surface area contributed by atoms with E-state index in [1.807, 2.05) is 17.1 Å². The number of rotatable bonds is 4. The lowest BCUT2D eigenvalue weighted by Crippen LogP contribution is -2.36. The number of hydrogen-bond donors (Lipinski definition) is 1. The Bertz CT molecular complexity index is 483. The summed E-state index contributed by atoms with van der Waals surface area (Å²) in [6, 6.07) is 9.86. The highest BCUT2D eigenvalue weighted by atomic mass is 15.0. The molecule has 18 heavy (non-hydrogen) atoms. The van der Waals surface area contributed by atoms with Crippen LogP contribution in [-0.4, -0.2) is 15.6 Å². The van der Waals surface area contributed by atoms with Crippen molar-refractivity contribution in [2.75, 3.05) is 0 Å². The standard InChI is InChI=1S/C15H19N3/c1-12(17-14-3-2-4-14)13-5-7-15(8-6-13)18-10-9-16-11-18/h5-12,14,17H,2-4H2,1H3. The molecular formula is C15H19N3. The summed E-state index contributed by atoms with van der Waals surface area (Å²) in [6.45, 7) is 2.24. The van der Waals surface area contributed by atoms with Crippen molar-refractivity contribution in [3.63, 3.8) is 0 Å². The molecule has 0 bridgehead atoms. The molecule has 1 atom stereocenters. The highest BCUT2D eigenvalue weighted by Gasteiger charge is 2.19. The van der Waals surface area contributed by atoms with Gasteiger partial charge < -0.3 is 9.88 Å². The third-order valence-electron chi connectivity index (χ3n) is 3.79. The molecule has 0 saturated heterocycles. The topological polar surface area (TPSA) is 29.9 Å². The van der Waals surface area contributed by atoms with E-state index >= 15 is 0 Å². The van der Waals surface area contributed by atoms with E-state index < -0.39 is 0 Å². The van der Waals surface area contributed by atoms with Gasteiger partial charge in [0.25, 0.3) is 0 Å². The van der Waals surface area contributed by atoms with Crippen molar-refractivity contribution >= 4 is 0 Å². The first kappa shape index (κ1) is 11.5. The number of nitrogens with zero attached hydrogens (tertiary/aromatic N) is 2. The lowest BCUT2D eigenvalue weighted by Gasteiger charge is -2.30. The van der Waals surface area contributed by atoms with Gasteiger partial charge in [-0.25, -0.2) is 4.98 Å². The fourth-order valence-corrected chi connectivity index (χ4v) is 2.37. The van der Waals surface area contributed by atoms with Gasteiger partial charge in [0, 0.05) is 30.2 Å². The first-order chi connectivity index (χ1) is 8.83. The Morgan fingerprint density at radius 1 is 1.28 bits per heavy atom. The highest BCUT2D eigenvalue weighted by molar-refractivity contribution is 5.35. The van der Waals surface area contributed by atoms with Crippen molar-refractivity contribution in [2.45, 2.75) is 38.3 Å². The number of nitrogens with one attached hydrogen (secondary N) is 1. The van der Waals surface area contributed by atoms with E-state index in [1.54, 1.807) is 6.20 Å². The molecule has 1 heterocycles. The van der Waals surface area contributed by atoms with E-state index in [0.717, 1.165) is 11.7 Å². The maximum atomic E-state index is 4.06. The summed E-state index contributed by atoms with van der Waals surface area (Å²) in [7, 11) is 0. The van der Waals surface area contributed by atoms with Crippen LogP contribution in [0.25, 0.3) is 5.69 Å². The van der Waals surface area contributed by atoms with Crippen LogP contribution in [0.1, 0.15) is 37.8 Å². The monoisotopic (exact) mass is 241 g/mol. The Kier molecular flexibility index (Phi) is 3.15. The summed E-state index contributed by atoms with van der Waals surface area (Å²) in [4.78, 5) is 4.06. The molecule has 0 spiro atoms. The molecule has 0 aliphatic heterocycles. The van der Waals surface area contributed by atoms with E-state index in [1.165, 1.54) is 24.8 Å². The Hall–Kier alpha value is -1.61. The normalized spacial score (nSPS) is 17.4. The van der Waals surface area contributed by atoms with Gasteiger partial charge in [0.05, 0.1) is 6.33 Å². The van der Waals surface area contributed by atoms with Crippen LogP contribution in [0, 0.1) is 0 Å². The molecular weight excluding hydrogens is 222 g/mol. The lowest BCUT2D eigenvalue weighted by molar-refractivity contribution is 0.313. The van der Waals surface area contributed by atoms with Crippen molar-refractivity contribution in [3.8, 4) is 5.69 Å². The van der Waals surface area contributed by atoms with Gasteiger partial charge in [0.1, 0.15) is 0 Å². The molecule has 1 aromatic heterocycles. The van der Waals surface area contributed by atoms with E-state index in [2.05, 4.69) is 41.5 Å². The quantitative estimate of drug-likeness (QED) is 0.891. The van der Waals surface area contributed by atoms with Gasteiger partial charge >= 0.3 is 0 Å². The smallest absolute Gasteiger partial charge is 0.0991 e. The largest absolute Gasteiger partial charge is 0.307 e. The number of hydrogen-bond acceptors (Lipinski definition) is 2. The second-order valence-corrected chi connectivity index (χ2v) is 5.08. The predicted octanol–water partition coefficient (Wildman–Crippen LogP) is 3.08. The fraction of sp³-hybridized carbons (Fsp3) is 0.400. The van der Waals surface area contributed by atoms with Gasteiger partial charge in [-0.1, -0.05) is 18.6 Å². The van der Waals surface area contributed by atoms with Crippen molar-refractivity contribution in [2.24, 2.45) is 0 Å². The predicted molar refractivity (Wildman–Crippen MR) is 72.8 cm³/mol. The van der Waals surface area contributed by atoms with Crippen molar-refractivity contribution in [1.82, 2.24) is 14.9 Å². The first-order valence-electron chi connectivity index (χ1n) is 6.67. The van der Waals surface area contributed by atoms with Gasteiger partial charge in [-0.15, -0.1) is 0 Å². The third-order valence-corrected chi connectivity index (χ3v) is 3.79. The van der Waals surface area contributed by atoms with Gasteiger partial charge in [-0.05, 0) is 37.5 Å². The Balaban J connectivity index is 1.70. The molecule has 94 valence electrons. The summed E-state index contributed by atoms with van der Waals surface area (Å²) in [6.07, 6.45) is 9.63. The molecule has 3 nitrogen and oxygen atoms in total. The molecule has 1 aromatic carbocycles. The summed E-state index contributed by atoms with van der Waals surface area (Å²) >= 11 is 0. The minimum Gasteiger partial charge on any atom is -0.307 e. The summed E-state index contributed by atoms with van der Waals surface area (Å²) < 4.78 is 2.02. The second-order valence-electron chi connectivity index (χ2n) is 5.08. The third kappa shape index (κ3) is 2.31. The lowest BCUT2D eigenvalue weighted by atomic mass is 9.92.